The van der Waals surface area contributed by atoms with Gasteiger partial charge in [-0.3, -0.25) is 20.2 Å². The SMILES string of the molecule is O=C(NC(=S)Nc1ccccc1-c1nc2ccccc2s1)c1ccc(-c2ccccc2[N+](=O)[O-])o1. The summed E-state index contributed by atoms with van der Waals surface area (Å²) in [5.74, 6) is -0.394. The molecular weight excluding hydrogens is 484 g/mol. The fraction of sp³-hybridized carbons (Fsp3) is 0. The fourth-order valence-electron chi connectivity index (χ4n) is 3.53. The number of thiazole rings is 1. The lowest BCUT2D eigenvalue weighted by Crippen LogP contribution is -2.34. The maximum Gasteiger partial charge on any atom is 0.293 e. The van der Waals surface area contributed by atoms with Crippen LogP contribution in [-0.4, -0.2) is 20.9 Å². The third kappa shape index (κ3) is 4.65. The molecule has 0 saturated heterocycles. The fourth-order valence-corrected chi connectivity index (χ4v) is 4.74. The molecule has 0 bridgehead atoms. The molecule has 0 saturated carbocycles. The number of nitro groups is 1. The molecule has 5 aromatic rings. The number of thiocarbonyl (C=S) groups is 1. The van der Waals surface area contributed by atoms with Crippen molar-refractivity contribution in [1.29, 1.82) is 0 Å². The van der Waals surface area contributed by atoms with Crippen molar-refractivity contribution in [1.82, 2.24) is 10.3 Å². The minimum absolute atomic E-state index is 0.0261. The van der Waals surface area contributed by atoms with E-state index in [1.165, 1.54) is 18.2 Å². The summed E-state index contributed by atoms with van der Waals surface area (Å²) in [6, 6.07) is 24.5. The van der Waals surface area contributed by atoms with Gasteiger partial charge < -0.3 is 9.73 Å². The smallest absolute Gasteiger partial charge is 0.293 e. The highest BCUT2D eigenvalue weighted by molar-refractivity contribution is 7.80. The van der Waals surface area contributed by atoms with E-state index in [1.807, 2.05) is 48.5 Å². The molecule has 0 aliphatic carbocycles. The Bertz CT molecular complexity index is 1560. The maximum atomic E-state index is 12.7. The Morgan fingerprint density at radius 3 is 2.46 bits per heavy atom. The molecule has 2 aromatic heterocycles. The zero-order chi connectivity index (χ0) is 24.4. The van der Waals surface area contributed by atoms with Crippen molar-refractivity contribution >= 4 is 56.2 Å². The molecule has 0 radical (unpaired) electrons. The van der Waals surface area contributed by atoms with Crippen LogP contribution in [-0.2, 0) is 0 Å². The number of nitrogens with zero attached hydrogens (tertiary/aromatic N) is 2. The average Bonchev–Trinajstić information content (AvgIpc) is 3.52. The highest BCUT2D eigenvalue weighted by Gasteiger charge is 2.20. The standard InChI is InChI=1S/C25H16N4O4S2/c30-23(21-14-13-20(33-21)16-8-2-5-11-19(16)29(31)32)28-25(34)27-17-9-3-1-7-15(17)24-26-18-10-4-6-12-22(18)35-24/h1-14H,(H2,27,28,30,34). The number of aromatic nitrogens is 1. The number of rotatable bonds is 5. The van der Waals surface area contributed by atoms with Crippen LogP contribution in [0.2, 0.25) is 0 Å². The molecule has 2 heterocycles. The first-order valence-electron chi connectivity index (χ1n) is 10.4. The lowest BCUT2D eigenvalue weighted by Gasteiger charge is -2.11. The summed E-state index contributed by atoms with van der Waals surface area (Å²) in [5.41, 5.74) is 2.61. The predicted octanol–water partition coefficient (Wildman–Crippen LogP) is 6.26. The second-order valence-corrected chi connectivity index (χ2v) is 8.82. The van der Waals surface area contributed by atoms with Crippen LogP contribution in [0.25, 0.3) is 32.1 Å². The van der Waals surface area contributed by atoms with Gasteiger partial charge in [0.15, 0.2) is 10.9 Å². The molecule has 0 spiro atoms. The summed E-state index contributed by atoms with van der Waals surface area (Å²) in [5, 5.41) is 17.8. The Morgan fingerprint density at radius 1 is 0.943 bits per heavy atom. The quantitative estimate of drug-likeness (QED) is 0.166. The molecule has 0 aliphatic heterocycles. The second-order valence-electron chi connectivity index (χ2n) is 7.38. The zero-order valence-corrected chi connectivity index (χ0v) is 19.6. The van der Waals surface area contributed by atoms with Gasteiger partial charge in [0.1, 0.15) is 10.8 Å². The molecule has 10 heteroatoms. The van der Waals surface area contributed by atoms with Gasteiger partial charge in [0.05, 0.1) is 26.4 Å². The van der Waals surface area contributed by atoms with E-state index in [1.54, 1.807) is 29.5 Å². The van der Waals surface area contributed by atoms with E-state index in [4.69, 9.17) is 21.6 Å². The van der Waals surface area contributed by atoms with Crippen LogP contribution in [0, 0.1) is 10.1 Å². The van der Waals surface area contributed by atoms with Crippen LogP contribution in [0.3, 0.4) is 0 Å². The summed E-state index contributed by atoms with van der Waals surface area (Å²) in [4.78, 5) is 28.2. The van der Waals surface area contributed by atoms with E-state index < -0.39 is 10.8 Å². The van der Waals surface area contributed by atoms with Crippen molar-refractivity contribution in [2.75, 3.05) is 5.32 Å². The van der Waals surface area contributed by atoms with Crippen LogP contribution in [0.1, 0.15) is 10.6 Å². The third-order valence-corrected chi connectivity index (χ3v) is 6.40. The van der Waals surface area contributed by atoms with Gasteiger partial charge in [-0.1, -0.05) is 36.4 Å². The summed E-state index contributed by atoms with van der Waals surface area (Å²) in [7, 11) is 0. The Hall–Kier alpha value is -4.41. The number of hydrogen-bond donors (Lipinski definition) is 2. The van der Waals surface area contributed by atoms with Gasteiger partial charge in [-0.25, -0.2) is 4.98 Å². The Balaban J connectivity index is 1.32. The Morgan fingerprint density at radius 2 is 1.66 bits per heavy atom. The number of furan rings is 1. The van der Waals surface area contributed by atoms with Crippen molar-refractivity contribution < 1.29 is 14.1 Å². The molecule has 35 heavy (non-hydrogen) atoms. The second kappa shape index (κ2) is 9.45. The van der Waals surface area contributed by atoms with Gasteiger partial charge in [0, 0.05) is 11.6 Å². The van der Waals surface area contributed by atoms with Crippen LogP contribution in [0.5, 0.6) is 0 Å². The summed E-state index contributed by atoms with van der Waals surface area (Å²) in [6.07, 6.45) is 0. The highest BCUT2D eigenvalue weighted by atomic mass is 32.1. The van der Waals surface area contributed by atoms with Crippen molar-refractivity contribution in [2.45, 2.75) is 0 Å². The molecule has 2 N–H and O–H groups in total. The number of nitro benzene ring substituents is 1. The first-order valence-corrected chi connectivity index (χ1v) is 11.6. The minimum atomic E-state index is -0.579. The van der Waals surface area contributed by atoms with Gasteiger partial charge in [-0.2, -0.15) is 0 Å². The maximum absolute atomic E-state index is 12.7. The van der Waals surface area contributed by atoms with Gasteiger partial charge >= 0.3 is 0 Å². The van der Waals surface area contributed by atoms with E-state index in [9.17, 15) is 14.9 Å². The summed E-state index contributed by atoms with van der Waals surface area (Å²) < 4.78 is 6.66. The lowest BCUT2D eigenvalue weighted by atomic mass is 10.1. The van der Waals surface area contributed by atoms with E-state index in [0.29, 0.717) is 5.69 Å². The Kier molecular flexibility index (Phi) is 6.04. The van der Waals surface area contributed by atoms with Gasteiger partial charge in [-0.15, -0.1) is 11.3 Å². The van der Waals surface area contributed by atoms with Crippen molar-refractivity contribution in [2.24, 2.45) is 0 Å². The largest absolute Gasteiger partial charge is 0.451 e. The van der Waals surface area contributed by atoms with Crippen molar-refractivity contribution in [3.05, 3.63) is 101 Å². The molecule has 0 aliphatic rings. The van der Waals surface area contributed by atoms with Crippen LogP contribution in [0.15, 0.2) is 89.3 Å². The number of carbonyl (C=O) groups is 1. The number of anilines is 1. The highest BCUT2D eigenvalue weighted by Crippen LogP contribution is 2.34. The van der Waals surface area contributed by atoms with Gasteiger partial charge in [0.25, 0.3) is 11.6 Å². The molecule has 5 rings (SSSR count). The average molecular weight is 501 g/mol. The zero-order valence-electron chi connectivity index (χ0n) is 17.9. The monoisotopic (exact) mass is 500 g/mol. The first-order chi connectivity index (χ1) is 17.0. The van der Waals surface area contributed by atoms with E-state index >= 15 is 0 Å². The molecule has 172 valence electrons. The Labute approximate surface area is 208 Å². The number of carbonyl (C=O) groups excluding carboxylic acids is 1. The first kappa shape index (κ1) is 22.4. The van der Waals surface area contributed by atoms with E-state index in [0.717, 1.165) is 20.8 Å². The summed E-state index contributed by atoms with van der Waals surface area (Å²) in [6.45, 7) is 0. The van der Waals surface area contributed by atoms with Crippen LogP contribution < -0.4 is 10.6 Å². The van der Waals surface area contributed by atoms with E-state index in [2.05, 4.69) is 10.6 Å². The molecule has 1 amide bonds. The lowest BCUT2D eigenvalue weighted by molar-refractivity contribution is -0.384. The molecule has 3 aromatic carbocycles. The number of hydrogen-bond acceptors (Lipinski definition) is 7. The van der Waals surface area contributed by atoms with E-state index in [-0.39, 0.29) is 27.9 Å². The third-order valence-electron chi connectivity index (χ3n) is 5.12. The number of fused-ring (bicyclic) bond motifs is 1. The van der Waals surface area contributed by atoms with Crippen molar-refractivity contribution in [3.8, 4) is 21.9 Å². The predicted molar refractivity (Wildman–Crippen MR) is 140 cm³/mol. The number of nitrogens with one attached hydrogen (secondary N) is 2. The number of amides is 1. The molecule has 0 fully saturated rings. The number of para-hydroxylation sites is 3. The summed E-state index contributed by atoms with van der Waals surface area (Å²) >= 11 is 6.91. The molecular formula is C25H16N4O4S2. The number of benzene rings is 3. The topological polar surface area (TPSA) is 110 Å². The molecule has 8 nitrogen and oxygen atoms in total. The van der Waals surface area contributed by atoms with Crippen LogP contribution >= 0.6 is 23.6 Å². The molecule has 0 atom stereocenters. The van der Waals surface area contributed by atoms with Crippen LogP contribution in [0.4, 0.5) is 11.4 Å². The van der Waals surface area contributed by atoms with Gasteiger partial charge in [0.2, 0.25) is 0 Å². The van der Waals surface area contributed by atoms with Gasteiger partial charge in [-0.05, 0) is 54.7 Å². The van der Waals surface area contributed by atoms with Crippen molar-refractivity contribution in [3.63, 3.8) is 0 Å². The normalized spacial score (nSPS) is 10.7. The minimum Gasteiger partial charge on any atom is -0.451 e. The molecule has 0 unspecified atom stereocenters.